The van der Waals surface area contributed by atoms with Crippen LogP contribution in [0.2, 0.25) is 0 Å². The van der Waals surface area contributed by atoms with E-state index in [1.54, 1.807) is 32.9 Å². The van der Waals surface area contributed by atoms with E-state index in [0.29, 0.717) is 24.0 Å². The molecule has 1 saturated heterocycles. The molecule has 3 atom stereocenters. The highest BCUT2D eigenvalue weighted by Crippen LogP contribution is 2.40. The van der Waals surface area contributed by atoms with Crippen LogP contribution in [0.1, 0.15) is 46.6 Å². The third-order valence-corrected chi connectivity index (χ3v) is 5.89. The molecule has 1 unspecified atom stereocenters. The number of halogens is 3. The summed E-state index contributed by atoms with van der Waals surface area (Å²) in [5.74, 6) is -1.41. The number of piperidine rings is 1. The molecule has 1 aromatic heterocycles. The number of aromatic nitrogens is 1. The number of hydrogen-bond acceptors (Lipinski definition) is 6. The lowest BCUT2D eigenvalue weighted by Crippen LogP contribution is -2.60. The van der Waals surface area contributed by atoms with Crippen molar-refractivity contribution in [1.82, 2.24) is 9.88 Å². The van der Waals surface area contributed by atoms with E-state index in [9.17, 15) is 27.9 Å². The molecule has 0 radical (unpaired) electrons. The molecule has 0 N–H and O–H groups in total. The lowest BCUT2D eigenvalue weighted by Gasteiger charge is -2.48. The standard InChI is InChI=1S/C24H30F3N3O4/c1-14-11-19(30(13-20(31)32)22(33)34-23(3,4)5)15(2)29(12-14)18-9-8-17(24(25,26)27)21-16(18)7-6-10-28-21/h6-10,14-15,19H,11-13H2,1-5H3,(H,31,32)/p-1/t14-,15?,19+/m0/s1. The van der Waals surface area contributed by atoms with Gasteiger partial charge in [-0.3, -0.25) is 9.88 Å². The Labute approximate surface area is 196 Å². The van der Waals surface area contributed by atoms with E-state index in [1.807, 2.05) is 18.7 Å². The van der Waals surface area contributed by atoms with Gasteiger partial charge in [0.05, 0.1) is 29.6 Å². The average molecular weight is 481 g/mol. The van der Waals surface area contributed by atoms with Crippen LogP contribution in [-0.2, 0) is 15.7 Å². The van der Waals surface area contributed by atoms with Gasteiger partial charge in [-0.2, -0.15) is 13.2 Å². The number of fused-ring (bicyclic) bond motifs is 1. The summed E-state index contributed by atoms with van der Waals surface area (Å²) < 4.78 is 46.2. The van der Waals surface area contributed by atoms with E-state index in [-0.39, 0.29) is 11.4 Å². The number of ether oxygens (including phenoxy) is 1. The Morgan fingerprint density at radius 2 is 1.88 bits per heavy atom. The smallest absolute Gasteiger partial charge is 0.418 e. The first-order chi connectivity index (χ1) is 15.7. The van der Waals surface area contributed by atoms with Crippen LogP contribution >= 0.6 is 0 Å². The Kier molecular flexibility index (Phi) is 7.00. The number of pyridine rings is 1. The summed E-state index contributed by atoms with van der Waals surface area (Å²) in [6.45, 7) is 8.68. The van der Waals surface area contributed by atoms with E-state index in [0.717, 1.165) is 11.0 Å². The summed E-state index contributed by atoms with van der Waals surface area (Å²) in [6.07, 6.45) is -3.52. The van der Waals surface area contributed by atoms with Crippen LogP contribution < -0.4 is 10.0 Å². The molecular weight excluding hydrogens is 451 g/mol. The maximum absolute atomic E-state index is 13.6. The van der Waals surface area contributed by atoms with Gasteiger partial charge in [0.1, 0.15) is 5.60 Å². The Balaban J connectivity index is 2.05. The molecular formula is C24H29F3N3O4-. The molecule has 0 saturated carbocycles. The molecule has 0 bridgehead atoms. The van der Waals surface area contributed by atoms with Crippen molar-refractivity contribution < 1.29 is 32.6 Å². The minimum absolute atomic E-state index is 0.0157. The summed E-state index contributed by atoms with van der Waals surface area (Å²) >= 11 is 0. The molecule has 0 spiro atoms. The molecule has 1 aromatic carbocycles. The van der Waals surface area contributed by atoms with Gasteiger partial charge in [0.15, 0.2) is 0 Å². The lowest BCUT2D eigenvalue weighted by atomic mass is 9.88. The third kappa shape index (κ3) is 5.53. The zero-order chi connectivity index (χ0) is 25.4. The van der Waals surface area contributed by atoms with Gasteiger partial charge < -0.3 is 19.5 Å². The van der Waals surface area contributed by atoms with Gasteiger partial charge in [-0.1, -0.05) is 6.92 Å². The number of aliphatic carboxylic acids is 1. The van der Waals surface area contributed by atoms with Crippen LogP contribution in [0, 0.1) is 5.92 Å². The van der Waals surface area contributed by atoms with E-state index in [4.69, 9.17) is 4.74 Å². The van der Waals surface area contributed by atoms with Crippen molar-refractivity contribution in [2.24, 2.45) is 5.92 Å². The molecule has 1 amide bonds. The fourth-order valence-electron chi connectivity index (χ4n) is 4.51. The van der Waals surface area contributed by atoms with Crippen LogP contribution in [-0.4, -0.2) is 52.7 Å². The summed E-state index contributed by atoms with van der Waals surface area (Å²) in [5, 5.41) is 11.8. The minimum atomic E-state index is -4.56. The molecule has 3 rings (SSSR count). The van der Waals surface area contributed by atoms with Gasteiger partial charge in [-0.25, -0.2) is 4.79 Å². The first kappa shape index (κ1) is 25.6. The number of anilines is 1. The molecule has 2 aromatic rings. The molecule has 10 heteroatoms. The SMILES string of the molecule is CC1[C@H](N(CC(=O)[O-])C(=O)OC(C)(C)C)C[C@H](C)CN1c1ccc(C(F)(F)F)c2ncccc12. The summed E-state index contributed by atoms with van der Waals surface area (Å²) in [4.78, 5) is 31.5. The predicted molar refractivity (Wildman–Crippen MR) is 119 cm³/mol. The predicted octanol–water partition coefficient (Wildman–Crippen LogP) is 3.84. The van der Waals surface area contributed by atoms with E-state index < -0.39 is 48.0 Å². The van der Waals surface area contributed by atoms with Crippen molar-refractivity contribution in [3.63, 3.8) is 0 Å². The molecule has 0 aliphatic carbocycles. The molecule has 1 aliphatic rings. The van der Waals surface area contributed by atoms with Gasteiger partial charge in [0.25, 0.3) is 0 Å². The van der Waals surface area contributed by atoms with Crippen LogP contribution in [0.3, 0.4) is 0 Å². The van der Waals surface area contributed by atoms with Crippen LogP contribution in [0.25, 0.3) is 10.9 Å². The summed E-state index contributed by atoms with van der Waals surface area (Å²) in [6, 6.07) is 4.60. The van der Waals surface area contributed by atoms with E-state index in [1.165, 1.54) is 12.3 Å². The third-order valence-electron chi connectivity index (χ3n) is 5.89. The number of carbonyl (C=O) groups excluding carboxylic acids is 2. The van der Waals surface area contributed by atoms with Crippen molar-refractivity contribution in [3.05, 3.63) is 36.0 Å². The maximum Gasteiger partial charge on any atom is 0.418 e. The molecule has 1 fully saturated rings. The average Bonchev–Trinajstić information content (AvgIpc) is 2.70. The monoisotopic (exact) mass is 480 g/mol. The Bertz CT molecular complexity index is 1070. The summed E-state index contributed by atoms with van der Waals surface area (Å²) in [7, 11) is 0. The highest BCUT2D eigenvalue weighted by molar-refractivity contribution is 5.94. The van der Waals surface area contributed by atoms with Crippen molar-refractivity contribution in [2.75, 3.05) is 18.0 Å². The number of hydrogen-bond donors (Lipinski definition) is 0. The summed E-state index contributed by atoms with van der Waals surface area (Å²) in [5.41, 5.74) is -1.28. The highest BCUT2D eigenvalue weighted by atomic mass is 19.4. The number of carboxylic acid groups (broad SMARTS) is 1. The lowest BCUT2D eigenvalue weighted by molar-refractivity contribution is -0.306. The number of carboxylic acids is 1. The topological polar surface area (TPSA) is 85.8 Å². The number of nitrogens with zero attached hydrogens (tertiary/aromatic N) is 3. The fraction of sp³-hybridized carbons (Fsp3) is 0.542. The Morgan fingerprint density at radius 3 is 2.47 bits per heavy atom. The quantitative estimate of drug-likeness (QED) is 0.661. The Morgan fingerprint density at radius 1 is 1.21 bits per heavy atom. The van der Waals surface area contributed by atoms with Crippen LogP contribution in [0.15, 0.2) is 30.5 Å². The fourth-order valence-corrected chi connectivity index (χ4v) is 4.51. The second kappa shape index (κ2) is 9.31. The number of rotatable bonds is 4. The number of amides is 1. The zero-order valence-corrected chi connectivity index (χ0v) is 19.8. The van der Waals surface area contributed by atoms with Crippen molar-refractivity contribution in [3.8, 4) is 0 Å². The molecule has 2 heterocycles. The van der Waals surface area contributed by atoms with Crippen LogP contribution in [0.5, 0.6) is 0 Å². The maximum atomic E-state index is 13.6. The number of carbonyl (C=O) groups is 2. The molecule has 186 valence electrons. The van der Waals surface area contributed by atoms with Crippen molar-refractivity contribution >= 4 is 28.7 Å². The largest absolute Gasteiger partial charge is 0.548 e. The second-order valence-electron chi connectivity index (χ2n) is 9.81. The Hall–Kier alpha value is -3.04. The highest BCUT2D eigenvalue weighted by Gasteiger charge is 2.40. The number of alkyl halides is 3. The van der Waals surface area contributed by atoms with Gasteiger partial charge in [0, 0.05) is 29.9 Å². The minimum Gasteiger partial charge on any atom is -0.548 e. The zero-order valence-electron chi connectivity index (χ0n) is 19.8. The van der Waals surface area contributed by atoms with E-state index >= 15 is 0 Å². The van der Waals surface area contributed by atoms with E-state index in [2.05, 4.69) is 4.98 Å². The molecule has 7 nitrogen and oxygen atoms in total. The molecule has 1 aliphatic heterocycles. The van der Waals surface area contributed by atoms with Gasteiger partial charge in [-0.05, 0) is 64.3 Å². The second-order valence-corrected chi connectivity index (χ2v) is 9.81. The van der Waals surface area contributed by atoms with Crippen LogP contribution in [0.4, 0.5) is 23.7 Å². The van der Waals surface area contributed by atoms with Gasteiger partial charge in [-0.15, -0.1) is 0 Å². The first-order valence-corrected chi connectivity index (χ1v) is 11.1. The van der Waals surface area contributed by atoms with Gasteiger partial charge >= 0.3 is 12.3 Å². The van der Waals surface area contributed by atoms with Gasteiger partial charge in [0.2, 0.25) is 0 Å². The van der Waals surface area contributed by atoms with Crippen molar-refractivity contribution in [2.45, 2.75) is 64.9 Å². The number of benzene rings is 1. The van der Waals surface area contributed by atoms with Crippen molar-refractivity contribution in [1.29, 1.82) is 0 Å². The first-order valence-electron chi connectivity index (χ1n) is 11.1. The normalized spacial score (nSPS) is 21.4. The molecule has 34 heavy (non-hydrogen) atoms.